The first-order valence-electron chi connectivity index (χ1n) is 9.71. The van der Waals surface area contributed by atoms with Gasteiger partial charge >= 0.3 is 0 Å². The van der Waals surface area contributed by atoms with E-state index in [2.05, 4.69) is 20.8 Å². The number of carbonyl (C=O) groups is 1. The van der Waals surface area contributed by atoms with E-state index in [1.54, 1.807) is 0 Å². The summed E-state index contributed by atoms with van der Waals surface area (Å²) in [6, 6.07) is 0. The summed E-state index contributed by atoms with van der Waals surface area (Å²) >= 11 is 0. The highest BCUT2D eigenvalue weighted by Crippen LogP contribution is 2.64. The number of hydrogen-bond acceptors (Lipinski definition) is 3. The van der Waals surface area contributed by atoms with Gasteiger partial charge in [-0.2, -0.15) is 0 Å². The molecule has 0 bridgehead atoms. The summed E-state index contributed by atoms with van der Waals surface area (Å²) in [5.74, 6) is 2.08. The van der Waals surface area contributed by atoms with E-state index in [9.17, 15) is 4.79 Å². The molecular formula is C20H32O3. The van der Waals surface area contributed by atoms with Gasteiger partial charge in [0, 0.05) is 24.7 Å². The molecule has 3 saturated carbocycles. The zero-order valence-corrected chi connectivity index (χ0v) is 15.0. The van der Waals surface area contributed by atoms with Crippen molar-refractivity contribution in [3.63, 3.8) is 0 Å². The predicted octanol–water partition coefficient (Wildman–Crippen LogP) is 4.34. The topological polar surface area (TPSA) is 35.5 Å². The quantitative estimate of drug-likeness (QED) is 0.666. The maximum absolute atomic E-state index is 12.7. The first-order valence-corrected chi connectivity index (χ1v) is 9.71. The first-order chi connectivity index (χ1) is 10.9. The number of hydrogen-bond donors (Lipinski definition) is 0. The van der Waals surface area contributed by atoms with Gasteiger partial charge in [-0.05, 0) is 55.3 Å². The van der Waals surface area contributed by atoms with Crippen LogP contribution in [0.5, 0.6) is 0 Å². The fourth-order valence-corrected chi connectivity index (χ4v) is 6.93. The number of carbonyl (C=O) groups excluding carboxylic acids is 1. The van der Waals surface area contributed by atoms with Crippen LogP contribution in [0.1, 0.15) is 72.1 Å². The van der Waals surface area contributed by atoms with Crippen LogP contribution in [0.15, 0.2) is 0 Å². The van der Waals surface area contributed by atoms with E-state index in [4.69, 9.17) is 9.47 Å². The van der Waals surface area contributed by atoms with Gasteiger partial charge in [-0.1, -0.05) is 20.8 Å². The fourth-order valence-electron chi connectivity index (χ4n) is 6.93. The highest BCUT2D eigenvalue weighted by molar-refractivity contribution is 5.85. The molecule has 1 saturated heterocycles. The summed E-state index contributed by atoms with van der Waals surface area (Å²) in [4.78, 5) is 12.7. The highest BCUT2D eigenvalue weighted by Gasteiger charge is 2.60. The summed E-state index contributed by atoms with van der Waals surface area (Å²) in [7, 11) is 0. The monoisotopic (exact) mass is 320 g/mol. The average Bonchev–Trinajstić information content (AvgIpc) is 2.92. The second kappa shape index (κ2) is 5.29. The van der Waals surface area contributed by atoms with Crippen LogP contribution >= 0.6 is 0 Å². The molecule has 4 aliphatic rings. The Balaban J connectivity index is 1.69. The Hall–Kier alpha value is -0.410. The third kappa shape index (κ3) is 2.26. The largest absolute Gasteiger partial charge is 0.348 e. The van der Waals surface area contributed by atoms with Crippen molar-refractivity contribution >= 4 is 5.78 Å². The fraction of sp³-hybridized carbons (Fsp3) is 0.950. The first kappa shape index (κ1) is 16.1. The number of fused-ring (bicyclic) bond motifs is 3. The lowest BCUT2D eigenvalue weighted by atomic mass is 9.45. The van der Waals surface area contributed by atoms with Crippen molar-refractivity contribution in [2.45, 2.75) is 77.9 Å². The van der Waals surface area contributed by atoms with Crippen molar-refractivity contribution in [1.29, 1.82) is 0 Å². The molecule has 5 atom stereocenters. The molecule has 4 rings (SSSR count). The lowest BCUT2D eigenvalue weighted by Crippen LogP contribution is -2.54. The molecule has 0 amide bonds. The lowest BCUT2D eigenvalue weighted by Gasteiger charge is -2.58. The molecule has 2 unspecified atom stereocenters. The second-order valence-corrected chi connectivity index (χ2v) is 9.23. The Labute approximate surface area is 140 Å². The number of ether oxygens (including phenoxy) is 2. The van der Waals surface area contributed by atoms with E-state index in [0.29, 0.717) is 23.5 Å². The summed E-state index contributed by atoms with van der Waals surface area (Å²) in [6.07, 6.45) is 8.61. The standard InChI is InChI=1S/C20H32O3/c1-14-13-20(22-11-12-23-20)10-9-18(2)15(14)7-8-19(3)16(18)5-4-6-17(19)21/h14-16H,4-13H2,1-3H3/t14-,15?,16?,18+,19-/m1/s1. The van der Waals surface area contributed by atoms with Gasteiger partial charge in [0.05, 0.1) is 13.2 Å². The minimum atomic E-state index is -0.325. The zero-order valence-electron chi connectivity index (χ0n) is 15.0. The van der Waals surface area contributed by atoms with Crippen LogP contribution in [0.4, 0.5) is 0 Å². The van der Waals surface area contributed by atoms with Crippen LogP contribution in [0.25, 0.3) is 0 Å². The molecule has 0 aromatic carbocycles. The van der Waals surface area contributed by atoms with Gasteiger partial charge in [-0.15, -0.1) is 0 Å². The zero-order chi connectivity index (χ0) is 16.3. The summed E-state index contributed by atoms with van der Waals surface area (Å²) < 4.78 is 12.2. The van der Waals surface area contributed by atoms with Crippen molar-refractivity contribution in [1.82, 2.24) is 0 Å². The second-order valence-electron chi connectivity index (χ2n) is 9.23. The van der Waals surface area contributed by atoms with Gasteiger partial charge in [0.2, 0.25) is 0 Å². The van der Waals surface area contributed by atoms with Crippen LogP contribution in [-0.2, 0) is 14.3 Å². The van der Waals surface area contributed by atoms with Gasteiger partial charge in [-0.25, -0.2) is 0 Å². The van der Waals surface area contributed by atoms with Gasteiger partial charge < -0.3 is 9.47 Å². The number of ketones is 1. The Morgan fingerprint density at radius 2 is 1.78 bits per heavy atom. The minimum absolute atomic E-state index is 0.0713. The molecule has 0 aromatic rings. The molecule has 3 heteroatoms. The Morgan fingerprint density at radius 1 is 1.04 bits per heavy atom. The minimum Gasteiger partial charge on any atom is -0.348 e. The van der Waals surface area contributed by atoms with Gasteiger partial charge in [0.1, 0.15) is 5.78 Å². The van der Waals surface area contributed by atoms with Crippen molar-refractivity contribution in [2.75, 3.05) is 13.2 Å². The maximum Gasteiger partial charge on any atom is 0.168 e. The molecule has 1 aliphatic heterocycles. The Bertz CT molecular complexity index is 495. The molecule has 0 aromatic heterocycles. The van der Waals surface area contributed by atoms with E-state index >= 15 is 0 Å². The molecule has 3 aliphatic carbocycles. The smallest absolute Gasteiger partial charge is 0.168 e. The van der Waals surface area contributed by atoms with E-state index in [1.807, 2.05) is 0 Å². The normalized spacial score (nSPS) is 49.5. The van der Waals surface area contributed by atoms with Crippen molar-refractivity contribution in [2.24, 2.45) is 28.6 Å². The van der Waals surface area contributed by atoms with E-state index in [-0.39, 0.29) is 16.6 Å². The number of rotatable bonds is 0. The highest BCUT2D eigenvalue weighted by atomic mass is 16.7. The Morgan fingerprint density at radius 3 is 2.52 bits per heavy atom. The van der Waals surface area contributed by atoms with E-state index in [0.717, 1.165) is 51.7 Å². The SMILES string of the molecule is C[C@@H]1CC2(CC[C@@]3(C)C1CC[C@@]1(C)C(=O)CCCC31)OCCO2. The molecule has 1 spiro atoms. The van der Waals surface area contributed by atoms with Crippen LogP contribution < -0.4 is 0 Å². The lowest BCUT2D eigenvalue weighted by molar-refractivity contribution is -0.172. The Kier molecular flexibility index (Phi) is 3.70. The number of Topliss-reactive ketones (excluding diaryl/α,β-unsaturated/α-hetero) is 1. The van der Waals surface area contributed by atoms with Crippen LogP contribution in [0, 0.1) is 28.6 Å². The molecule has 130 valence electrons. The van der Waals surface area contributed by atoms with Crippen LogP contribution in [-0.4, -0.2) is 24.8 Å². The maximum atomic E-state index is 12.7. The third-order valence-electron chi connectivity index (χ3n) is 8.10. The molecular weight excluding hydrogens is 288 g/mol. The molecule has 1 heterocycles. The van der Waals surface area contributed by atoms with Crippen LogP contribution in [0.3, 0.4) is 0 Å². The average molecular weight is 320 g/mol. The van der Waals surface area contributed by atoms with Gasteiger partial charge in [0.25, 0.3) is 0 Å². The van der Waals surface area contributed by atoms with Crippen molar-refractivity contribution in [3.05, 3.63) is 0 Å². The predicted molar refractivity (Wildman–Crippen MR) is 88.9 cm³/mol. The van der Waals surface area contributed by atoms with Crippen molar-refractivity contribution in [3.8, 4) is 0 Å². The van der Waals surface area contributed by atoms with Gasteiger partial charge in [-0.3, -0.25) is 4.79 Å². The summed E-state index contributed by atoms with van der Waals surface area (Å²) in [5.41, 5.74) is 0.194. The van der Waals surface area contributed by atoms with Crippen LogP contribution in [0.2, 0.25) is 0 Å². The van der Waals surface area contributed by atoms with Crippen molar-refractivity contribution < 1.29 is 14.3 Å². The molecule has 0 N–H and O–H groups in total. The summed E-state index contributed by atoms with van der Waals surface area (Å²) in [5, 5.41) is 0. The summed E-state index contributed by atoms with van der Waals surface area (Å²) in [6.45, 7) is 8.65. The molecule has 4 fully saturated rings. The molecule has 23 heavy (non-hydrogen) atoms. The van der Waals surface area contributed by atoms with E-state index in [1.165, 1.54) is 12.8 Å². The van der Waals surface area contributed by atoms with E-state index < -0.39 is 0 Å². The third-order valence-corrected chi connectivity index (χ3v) is 8.10. The molecule has 3 nitrogen and oxygen atoms in total. The molecule has 0 radical (unpaired) electrons. The van der Waals surface area contributed by atoms with Gasteiger partial charge in [0.15, 0.2) is 5.79 Å².